The van der Waals surface area contributed by atoms with Gasteiger partial charge in [-0.25, -0.2) is 9.97 Å². The highest BCUT2D eigenvalue weighted by atomic mass is 16.1. The number of hydrogen-bond acceptors (Lipinski definition) is 3. The molecule has 1 aromatic heterocycles. The van der Waals surface area contributed by atoms with Crippen molar-refractivity contribution < 1.29 is 4.79 Å². The normalized spacial score (nSPS) is 12.2. The van der Waals surface area contributed by atoms with Crippen molar-refractivity contribution in [2.75, 3.05) is 5.32 Å². The summed E-state index contributed by atoms with van der Waals surface area (Å²) in [7, 11) is 0. The van der Waals surface area contributed by atoms with Gasteiger partial charge in [-0.3, -0.25) is 4.79 Å². The van der Waals surface area contributed by atoms with Crippen LogP contribution < -0.4 is 5.32 Å². The fourth-order valence-corrected chi connectivity index (χ4v) is 4.34. The minimum Gasteiger partial charge on any atom is -0.309 e. The summed E-state index contributed by atoms with van der Waals surface area (Å²) in [6.45, 7) is 0. The zero-order valence-corrected chi connectivity index (χ0v) is 19.1. The van der Waals surface area contributed by atoms with E-state index in [2.05, 4.69) is 35.6 Å². The lowest BCUT2D eigenvalue weighted by Gasteiger charge is -2.20. The van der Waals surface area contributed by atoms with Gasteiger partial charge in [0.2, 0.25) is 5.91 Å². The zero-order valence-electron chi connectivity index (χ0n) is 19.1. The first-order chi connectivity index (χ1) is 16.8. The lowest BCUT2D eigenvalue weighted by molar-refractivity contribution is -0.116. The fraction of sp³-hybridized carbons (Fsp3) is 0.167. The van der Waals surface area contributed by atoms with Crippen LogP contribution >= 0.6 is 0 Å². The van der Waals surface area contributed by atoms with E-state index in [1.807, 2.05) is 66.7 Å². The average Bonchev–Trinajstić information content (AvgIpc) is 2.88. The summed E-state index contributed by atoms with van der Waals surface area (Å²) in [5, 5.41) is 3.04. The molecule has 0 bridgehead atoms. The van der Waals surface area contributed by atoms with Gasteiger partial charge >= 0.3 is 0 Å². The first-order valence-electron chi connectivity index (χ1n) is 11.8. The molecule has 1 amide bonds. The number of carbonyl (C=O) groups excluding carboxylic acids is 1. The summed E-state index contributed by atoms with van der Waals surface area (Å²) < 4.78 is 0. The Morgan fingerprint density at radius 3 is 2.38 bits per heavy atom. The van der Waals surface area contributed by atoms with Crippen LogP contribution in [0.4, 0.5) is 5.82 Å². The number of anilines is 1. The molecule has 0 spiro atoms. The molecule has 3 aromatic carbocycles. The Kier molecular flexibility index (Phi) is 6.57. The van der Waals surface area contributed by atoms with E-state index < -0.39 is 0 Å². The predicted molar refractivity (Wildman–Crippen MR) is 138 cm³/mol. The Bertz CT molecular complexity index is 1310. The van der Waals surface area contributed by atoms with Gasteiger partial charge in [0.15, 0.2) is 5.82 Å². The predicted octanol–water partition coefficient (Wildman–Crippen LogP) is 6.37. The third-order valence-corrected chi connectivity index (χ3v) is 6.10. The first-order valence-corrected chi connectivity index (χ1v) is 11.8. The van der Waals surface area contributed by atoms with Gasteiger partial charge in [-0.05, 0) is 48.4 Å². The van der Waals surface area contributed by atoms with E-state index in [0.29, 0.717) is 17.9 Å². The Hall–Kier alpha value is -4.05. The van der Waals surface area contributed by atoms with Gasteiger partial charge in [-0.1, -0.05) is 91.0 Å². The zero-order chi connectivity index (χ0) is 23.2. The van der Waals surface area contributed by atoms with E-state index in [-0.39, 0.29) is 5.91 Å². The van der Waals surface area contributed by atoms with Crippen LogP contribution in [0.3, 0.4) is 0 Å². The number of aromatic nitrogens is 2. The Balaban J connectivity index is 1.40. The Labute approximate surface area is 200 Å². The second kappa shape index (κ2) is 10.3. The molecule has 0 unspecified atom stereocenters. The van der Waals surface area contributed by atoms with Crippen molar-refractivity contribution in [2.24, 2.45) is 0 Å². The number of fused-ring (bicyclic) bond motifs is 3. The minimum atomic E-state index is -0.0317. The molecule has 34 heavy (non-hydrogen) atoms. The van der Waals surface area contributed by atoms with E-state index in [4.69, 9.17) is 9.97 Å². The minimum absolute atomic E-state index is 0.0317. The molecule has 1 heterocycles. The van der Waals surface area contributed by atoms with Crippen LogP contribution in [0.2, 0.25) is 0 Å². The highest BCUT2D eigenvalue weighted by Crippen LogP contribution is 2.33. The summed E-state index contributed by atoms with van der Waals surface area (Å²) in [6, 6.07) is 28.7. The monoisotopic (exact) mass is 445 g/mol. The van der Waals surface area contributed by atoms with E-state index in [1.54, 1.807) is 0 Å². The summed E-state index contributed by atoms with van der Waals surface area (Å²) in [6.07, 6.45) is 7.81. The lowest BCUT2D eigenvalue weighted by Crippen LogP contribution is -2.17. The number of aryl methyl sites for hydroxylation is 3. The number of benzene rings is 3. The van der Waals surface area contributed by atoms with Crippen LogP contribution in [-0.2, 0) is 24.1 Å². The molecule has 0 atom stereocenters. The van der Waals surface area contributed by atoms with Crippen molar-refractivity contribution in [1.82, 2.24) is 9.97 Å². The van der Waals surface area contributed by atoms with Crippen LogP contribution in [0, 0.1) is 0 Å². The molecule has 5 rings (SSSR count). The van der Waals surface area contributed by atoms with Gasteiger partial charge in [0.1, 0.15) is 5.69 Å². The molecule has 4 heteroatoms. The smallest absolute Gasteiger partial charge is 0.225 e. The Morgan fingerprint density at radius 1 is 0.824 bits per heavy atom. The number of rotatable bonds is 7. The van der Waals surface area contributed by atoms with Crippen molar-refractivity contribution in [3.8, 4) is 11.3 Å². The molecular formula is C30H27N3O. The Morgan fingerprint density at radius 2 is 1.56 bits per heavy atom. The number of hydrogen-bond donors (Lipinski definition) is 1. The van der Waals surface area contributed by atoms with E-state index in [1.165, 1.54) is 11.1 Å². The third kappa shape index (κ3) is 5.12. The topological polar surface area (TPSA) is 54.9 Å². The summed E-state index contributed by atoms with van der Waals surface area (Å²) in [4.78, 5) is 22.7. The third-order valence-electron chi connectivity index (χ3n) is 6.10. The van der Waals surface area contributed by atoms with Crippen LogP contribution in [0.5, 0.6) is 0 Å². The number of nitrogens with zero attached hydrogens (tertiary/aromatic N) is 2. The largest absolute Gasteiger partial charge is 0.309 e. The molecule has 0 radical (unpaired) electrons. The van der Waals surface area contributed by atoms with Crippen molar-refractivity contribution in [3.05, 3.63) is 113 Å². The van der Waals surface area contributed by atoms with Crippen LogP contribution in [0.25, 0.3) is 23.4 Å². The van der Waals surface area contributed by atoms with E-state index in [9.17, 15) is 4.79 Å². The van der Waals surface area contributed by atoms with Crippen molar-refractivity contribution in [3.63, 3.8) is 0 Å². The molecule has 0 aliphatic heterocycles. The quantitative estimate of drug-likeness (QED) is 0.359. The SMILES string of the molecule is O=C(CCCc1ccccc1)Nc1nc2c(nc1/C=C/c1ccccc1)-c1ccccc1CC2. The molecule has 0 saturated heterocycles. The number of carbonyl (C=O) groups is 1. The van der Waals surface area contributed by atoms with Crippen LogP contribution in [-0.4, -0.2) is 15.9 Å². The highest BCUT2D eigenvalue weighted by Gasteiger charge is 2.21. The molecule has 168 valence electrons. The van der Waals surface area contributed by atoms with Gasteiger partial charge in [0, 0.05) is 12.0 Å². The molecule has 1 aliphatic rings. The molecule has 0 fully saturated rings. The molecule has 4 nitrogen and oxygen atoms in total. The van der Waals surface area contributed by atoms with Crippen molar-refractivity contribution in [1.29, 1.82) is 0 Å². The fourth-order valence-electron chi connectivity index (χ4n) is 4.34. The van der Waals surface area contributed by atoms with E-state index in [0.717, 1.165) is 48.2 Å². The van der Waals surface area contributed by atoms with Crippen LogP contribution in [0.1, 0.15) is 40.9 Å². The van der Waals surface area contributed by atoms with Gasteiger partial charge in [0.05, 0.1) is 11.4 Å². The summed E-state index contributed by atoms with van der Waals surface area (Å²) >= 11 is 0. The van der Waals surface area contributed by atoms with Crippen LogP contribution in [0.15, 0.2) is 84.9 Å². The second-order valence-corrected chi connectivity index (χ2v) is 8.54. The molecule has 1 aliphatic carbocycles. The molecule has 4 aromatic rings. The first kappa shape index (κ1) is 21.8. The molecular weight excluding hydrogens is 418 g/mol. The maximum Gasteiger partial charge on any atom is 0.225 e. The molecule has 0 saturated carbocycles. The van der Waals surface area contributed by atoms with Gasteiger partial charge in [0.25, 0.3) is 0 Å². The summed E-state index contributed by atoms with van der Waals surface area (Å²) in [5.41, 5.74) is 7.27. The number of amides is 1. The average molecular weight is 446 g/mol. The molecule has 1 N–H and O–H groups in total. The maximum absolute atomic E-state index is 12.8. The van der Waals surface area contributed by atoms with Gasteiger partial charge in [-0.15, -0.1) is 0 Å². The number of nitrogens with one attached hydrogen (secondary N) is 1. The standard InChI is InChI=1S/C30H27N3O/c34-28(17-9-14-22-10-3-1-4-11-22)33-30-27(20-18-23-12-5-2-6-13-23)31-29-25-16-8-7-15-24(25)19-21-26(29)32-30/h1-8,10-13,15-16,18,20H,9,14,17,19,21H2,(H,32,33,34)/b20-18+. The highest BCUT2D eigenvalue weighted by molar-refractivity contribution is 5.92. The summed E-state index contributed by atoms with van der Waals surface area (Å²) in [5.74, 6) is 0.505. The van der Waals surface area contributed by atoms with Crippen molar-refractivity contribution >= 4 is 23.9 Å². The van der Waals surface area contributed by atoms with E-state index >= 15 is 0 Å². The lowest BCUT2D eigenvalue weighted by atomic mass is 9.92. The second-order valence-electron chi connectivity index (χ2n) is 8.54. The maximum atomic E-state index is 12.8. The van der Waals surface area contributed by atoms with Crippen molar-refractivity contribution in [2.45, 2.75) is 32.1 Å². The van der Waals surface area contributed by atoms with Gasteiger partial charge < -0.3 is 5.32 Å². The van der Waals surface area contributed by atoms with Gasteiger partial charge in [-0.2, -0.15) is 0 Å².